The van der Waals surface area contributed by atoms with E-state index in [0.717, 1.165) is 76.0 Å². The van der Waals surface area contributed by atoms with Crippen LogP contribution in [0.2, 0.25) is 0 Å². The number of likely N-dealkylation sites (tertiary alicyclic amines) is 2. The molecule has 166 valence electrons. The fourth-order valence-corrected chi connectivity index (χ4v) is 5.29. The van der Waals surface area contributed by atoms with Gasteiger partial charge < -0.3 is 4.90 Å². The second-order valence-corrected chi connectivity index (χ2v) is 9.28. The summed E-state index contributed by atoms with van der Waals surface area (Å²) in [5, 5.41) is 0. The number of allylic oxidation sites excluding steroid dienone is 1. The van der Waals surface area contributed by atoms with E-state index >= 15 is 0 Å². The lowest BCUT2D eigenvalue weighted by Crippen LogP contribution is -2.33. The molecule has 0 bridgehead atoms. The Morgan fingerprint density at radius 3 is 2.66 bits per heavy atom. The van der Waals surface area contributed by atoms with Crippen LogP contribution in [0.15, 0.2) is 60.2 Å². The van der Waals surface area contributed by atoms with E-state index in [0.29, 0.717) is 5.92 Å². The second-order valence-electron chi connectivity index (χ2n) is 9.28. The van der Waals surface area contributed by atoms with E-state index in [9.17, 15) is 9.18 Å². The first kappa shape index (κ1) is 21.1. The van der Waals surface area contributed by atoms with Crippen molar-refractivity contribution in [2.75, 3.05) is 32.7 Å². The molecule has 0 radical (unpaired) electrons. The Kier molecular flexibility index (Phi) is 6.22. The minimum absolute atomic E-state index is 0.162. The molecule has 1 aliphatic carbocycles. The van der Waals surface area contributed by atoms with Crippen LogP contribution in [-0.4, -0.2) is 48.4 Å². The molecule has 0 unspecified atom stereocenters. The SMILES string of the molecule is O=C(c1cccc2c1C=CCC2)N1CCC(=CCN2CCC(c3ccc(F)cc3)CC2)C1. The smallest absolute Gasteiger partial charge is 0.254 e. The minimum Gasteiger partial charge on any atom is -0.334 e. The third-order valence-corrected chi connectivity index (χ3v) is 7.24. The van der Waals surface area contributed by atoms with Crippen molar-refractivity contribution in [2.24, 2.45) is 0 Å². The van der Waals surface area contributed by atoms with E-state index in [-0.39, 0.29) is 11.7 Å². The highest BCUT2D eigenvalue weighted by molar-refractivity contribution is 5.98. The van der Waals surface area contributed by atoms with Crippen LogP contribution in [0, 0.1) is 5.82 Å². The van der Waals surface area contributed by atoms with E-state index in [1.165, 1.54) is 16.7 Å². The Hall–Kier alpha value is -2.72. The lowest BCUT2D eigenvalue weighted by molar-refractivity contribution is 0.0796. The largest absolute Gasteiger partial charge is 0.334 e. The fourth-order valence-electron chi connectivity index (χ4n) is 5.29. The van der Waals surface area contributed by atoms with Gasteiger partial charge in [-0.1, -0.05) is 48.1 Å². The van der Waals surface area contributed by atoms with Crippen molar-refractivity contribution in [3.8, 4) is 0 Å². The van der Waals surface area contributed by atoms with E-state index < -0.39 is 0 Å². The van der Waals surface area contributed by atoms with E-state index in [2.05, 4.69) is 29.2 Å². The lowest BCUT2D eigenvalue weighted by Gasteiger charge is -2.31. The summed E-state index contributed by atoms with van der Waals surface area (Å²) in [6.45, 7) is 4.65. The summed E-state index contributed by atoms with van der Waals surface area (Å²) < 4.78 is 13.2. The van der Waals surface area contributed by atoms with Crippen molar-refractivity contribution in [3.63, 3.8) is 0 Å². The number of piperidine rings is 1. The van der Waals surface area contributed by atoms with Crippen LogP contribution in [-0.2, 0) is 6.42 Å². The number of halogens is 1. The van der Waals surface area contributed by atoms with Crippen molar-refractivity contribution in [2.45, 2.75) is 38.0 Å². The van der Waals surface area contributed by atoms with Crippen molar-refractivity contribution in [1.29, 1.82) is 0 Å². The maximum Gasteiger partial charge on any atom is 0.254 e. The molecule has 2 aromatic carbocycles. The topological polar surface area (TPSA) is 23.6 Å². The van der Waals surface area contributed by atoms with Crippen molar-refractivity contribution in [3.05, 3.63) is 88.3 Å². The predicted octanol–water partition coefficient (Wildman–Crippen LogP) is 5.44. The van der Waals surface area contributed by atoms with Crippen molar-refractivity contribution >= 4 is 12.0 Å². The summed E-state index contributed by atoms with van der Waals surface area (Å²) in [6.07, 6.45) is 11.9. The normalized spacial score (nSPS) is 20.7. The van der Waals surface area contributed by atoms with Gasteiger partial charge in [-0.25, -0.2) is 4.39 Å². The zero-order chi connectivity index (χ0) is 21.9. The van der Waals surface area contributed by atoms with Gasteiger partial charge in [0.1, 0.15) is 5.82 Å². The third kappa shape index (κ3) is 4.56. The van der Waals surface area contributed by atoms with Gasteiger partial charge >= 0.3 is 0 Å². The molecule has 0 aromatic heterocycles. The van der Waals surface area contributed by atoms with E-state index in [4.69, 9.17) is 0 Å². The lowest BCUT2D eigenvalue weighted by atomic mass is 9.89. The molecule has 1 amide bonds. The standard InChI is InChI=1S/C28H31FN2O/c29-25-10-8-22(9-11-25)23-14-17-30(18-15-23)16-12-21-13-19-31(20-21)28(32)27-7-3-5-24-4-1-2-6-26(24)27/h2-3,5-12,23H,1,4,13-20H2. The Balaban J connectivity index is 1.15. The molecule has 0 N–H and O–H groups in total. The van der Waals surface area contributed by atoms with Gasteiger partial charge in [0.25, 0.3) is 5.91 Å². The number of hydrogen-bond acceptors (Lipinski definition) is 2. The molecule has 5 rings (SSSR count). The van der Waals surface area contributed by atoms with Crippen molar-refractivity contribution in [1.82, 2.24) is 9.80 Å². The average molecular weight is 431 g/mol. The zero-order valence-electron chi connectivity index (χ0n) is 18.6. The van der Waals surface area contributed by atoms with Crippen LogP contribution >= 0.6 is 0 Å². The molecule has 0 spiro atoms. The first-order valence-corrected chi connectivity index (χ1v) is 11.9. The Morgan fingerprint density at radius 1 is 1.03 bits per heavy atom. The first-order valence-electron chi connectivity index (χ1n) is 11.9. The fraction of sp³-hybridized carbons (Fsp3) is 0.393. The number of carbonyl (C=O) groups excluding carboxylic acids is 1. The van der Waals surface area contributed by atoms with Crippen LogP contribution in [0.3, 0.4) is 0 Å². The number of amides is 1. The summed E-state index contributed by atoms with van der Waals surface area (Å²) >= 11 is 0. The average Bonchev–Trinajstić information content (AvgIpc) is 3.32. The molecule has 3 aliphatic rings. The van der Waals surface area contributed by atoms with E-state index in [1.807, 2.05) is 29.2 Å². The summed E-state index contributed by atoms with van der Waals surface area (Å²) in [5.74, 6) is 0.535. The van der Waals surface area contributed by atoms with Gasteiger partial charge in [-0.3, -0.25) is 9.69 Å². The molecular formula is C28H31FN2O. The van der Waals surface area contributed by atoms with Crippen LogP contribution < -0.4 is 0 Å². The van der Waals surface area contributed by atoms with Gasteiger partial charge in [-0.05, 0) is 86.0 Å². The number of nitrogens with zero attached hydrogens (tertiary/aromatic N) is 2. The molecule has 2 saturated heterocycles. The van der Waals surface area contributed by atoms with Crippen LogP contribution in [0.4, 0.5) is 4.39 Å². The predicted molar refractivity (Wildman–Crippen MR) is 127 cm³/mol. The van der Waals surface area contributed by atoms with Crippen molar-refractivity contribution < 1.29 is 9.18 Å². The zero-order valence-corrected chi connectivity index (χ0v) is 18.6. The maximum atomic E-state index is 13.2. The van der Waals surface area contributed by atoms with Gasteiger partial charge in [0.2, 0.25) is 0 Å². The highest BCUT2D eigenvalue weighted by atomic mass is 19.1. The van der Waals surface area contributed by atoms with Crippen LogP contribution in [0.1, 0.15) is 58.6 Å². The van der Waals surface area contributed by atoms with Gasteiger partial charge in [0.15, 0.2) is 0 Å². The van der Waals surface area contributed by atoms with Gasteiger partial charge in [-0.15, -0.1) is 0 Å². The number of carbonyl (C=O) groups is 1. The number of benzene rings is 2. The van der Waals surface area contributed by atoms with Gasteiger partial charge in [-0.2, -0.15) is 0 Å². The number of hydrogen-bond donors (Lipinski definition) is 0. The molecule has 0 saturated carbocycles. The molecule has 0 atom stereocenters. The Labute approximate surface area is 190 Å². The molecule has 32 heavy (non-hydrogen) atoms. The summed E-state index contributed by atoms with van der Waals surface area (Å²) in [7, 11) is 0. The first-order chi connectivity index (χ1) is 15.7. The quantitative estimate of drug-likeness (QED) is 0.603. The molecule has 2 aromatic rings. The highest BCUT2D eigenvalue weighted by Crippen LogP contribution is 2.29. The third-order valence-electron chi connectivity index (χ3n) is 7.24. The van der Waals surface area contributed by atoms with Crippen LogP contribution in [0.25, 0.3) is 6.08 Å². The van der Waals surface area contributed by atoms with Crippen LogP contribution in [0.5, 0.6) is 0 Å². The number of aryl methyl sites for hydroxylation is 1. The number of rotatable bonds is 4. The monoisotopic (exact) mass is 430 g/mol. The number of fused-ring (bicyclic) bond motifs is 1. The summed E-state index contributed by atoms with van der Waals surface area (Å²) in [4.78, 5) is 17.7. The summed E-state index contributed by atoms with van der Waals surface area (Å²) in [6, 6.07) is 13.1. The maximum absolute atomic E-state index is 13.2. The Morgan fingerprint density at radius 2 is 1.84 bits per heavy atom. The molecule has 3 nitrogen and oxygen atoms in total. The molecule has 2 aliphatic heterocycles. The van der Waals surface area contributed by atoms with E-state index in [1.54, 1.807) is 12.1 Å². The molecule has 2 heterocycles. The summed E-state index contributed by atoms with van der Waals surface area (Å²) in [5.41, 5.74) is 5.89. The van der Waals surface area contributed by atoms with Gasteiger partial charge in [0.05, 0.1) is 0 Å². The Bertz CT molecular complexity index is 1030. The van der Waals surface area contributed by atoms with Gasteiger partial charge in [0, 0.05) is 25.2 Å². The highest BCUT2D eigenvalue weighted by Gasteiger charge is 2.26. The molecular weight excluding hydrogens is 399 g/mol. The second kappa shape index (κ2) is 9.41. The minimum atomic E-state index is -0.162. The molecule has 4 heteroatoms. The molecule has 2 fully saturated rings.